The van der Waals surface area contributed by atoms with Gasteiger partial charge in [-0.2, -0.15) is 0 Å². The van der Waals surface area contributed by atoms with Gasteiger partial charge in [0, 0.05) is 43.9 Å². The summed E-state index contributed by atoms with van der Waals surface area (Å²) in [5.74, 6) is 0.0233. The van der Waals surface area contributed by atoms with Gasteiger partial charge in [0.1, 0.15) is 0 Å². The lowest BCUT2D eigenvalue weighted by atomic mass is 10.2. The Morgan fingerprint density at radius 3 is 3.10 bits per heavy atom. The van der Waals surface area contributed by atoms with E-state index < -0.39 is 0 Å². The van der Waals surface area contributed by atoms with E-state index in [0.29, 0.717) is 32.7 Å². The molecule has 0 aromatic carbocycles. The van der Waals surface area contributed by atoms with Crippen LogP contribution in [0.2, 0.25) is 0 Å². The van der Waals surface area contributed by atoms with Gasteiger partial charge in [-0.05, 0) is 19.4 Å². The number of aromatic nitrogens is 1. The molecule has 0 unspecified atom stereocenters. The number of ether oxygens (including phenoxy) is 1. The van der Waals surface area contributed by atoms with Crippen molar-refractivity contribution in [1.29, 1.82) is 0 Å². The smallest absolute Gasteiger partial charge is 0.250 e. The molecule has 1 aromatic heterocycles. The predicted octanol–water partition coefficient (Wildman–Crippen LogP) is 0.0415. The molecule has 1 aliphatic rings. The maximum Gasteiger partial charge on any atom is 0.250 e. The van der Waals surface area contributed by atoms with E-state index in [0.717, 1.165) is 18.7 Å². The summed E-state index contributed by atoms with van der Waals surface area (Å²) in [4.78, 5) is 23.5. The largest absolute Gasteiger partial charge is 0.378 e. The Labute approximate surface area is 124 Å². The van der Waals surface area contributed by atoms with E-state index in [1.165, 1.54) is 0 Å². The van der Waals surface area contributed by atoms with Crippen molar-refractivity contribution >= 4 is 5.91 Å². The highest BCUT2D eigenvalue weighted by Gasteiger charge is 2.16. The molecule has 6 heteroatoms. The van der Waals surface area contributed by atoms with E-state index >= 15 is 0 Å². The molecule has 0 radical (unpaired) electrons. The van der Waals surface area contributed by atoms with Crippen LogP contribution in [0.5, 0.6) is 0 Å². The Bertz CT molecular complexity index is 521. The number of nitrogens with zero attached hydrogens (tertiary/aromatic N) is 1. The number of hydrogen-bond acceptors (Lipinski definition) is 4. The average Bonchev–Trinajstić information content (AvgIpc) is 2.47. The summed E-state index contributed by atoms with van der Waals surface area (Å²) in [7, 11) is 0. The number of amides is 1. The third kappa shape index (κ3) is 4.99. The minimum Gasteiger partial charge on any atom is -0.378 e. The molecule has 116 valence electrons. The van der Waals surface area contributed by atoms with Crippen molar-refractivity contribution in [1.82, 2.24) is 15.2 Å². The fourth-order valence-electron chi connectivity index (χ4n) is 2.42. The van der Waals surface area contributed by atoms with Gasteiger partial charge in [-0.1, -0.05) is 6.07 Å². The molecule has 1 atom stereocenters. The number of pyridine rings is 1. The van der Waals surface area contributed by atoms with Crippen LogP contribution in [-0.2, 0) is 16.1 Å². The van der Waals surface area contributed by atoms with Crippen molar-refractivity contribution in [3.8, 4) is 0 Å². The van der Waals surface area contributed by atoms with E-state index in [2.05, 4.69) is 10.6 Å². The van der Waals surface area contributed by atoms with Crippen molar-refractivity contribution in [3.05, 3.63) is 34.2 Å². The van der Waals surface area contributed by atoms with Crippen molar-refractivity contribution in [3.63, 3.8) is 0 Å². The zero-order chi connectivity index (χ0) is 15.1. The summed E-state index contributed by atoms with van der Waals surface area (Å²) >= 11 is 0. The highest BCUT2D eigenvalue weighted by atomic mass is 16.5. The average molecular weight is 293 g/mol. The molecule has 0 saturated carbocycles. The third-order valence-corrected chi connectivity index (χ3v) is 3.58. The summed E-state index contributed by atoms with van der Waals surface area (Å²) in [6, 6.07) is 5.34. The molecule has 1 aliphatic heterocycles. The van der Waals surface area contributed by atoms with Crippen LogP contribution in [0, 0.1) is 6.92 Å². The van der Waals surface area contributed by atoms with Crippen molar-refractivity contribution < 1.29 is 9.53 Å². The van der Waals surface area contributed by atoms with E-state index in [1.54, 1.807) is 16.7 Å². The molecule has 2 heterocycles. The molecule has 1 saturated heterocycles. The minimum absolute atomic E-state index is 0.00452. The highest BCUT2D eigenvalue weighted by molar-refractivity contribution is 5.76. The zero-order valence-corrected chi connectivity index (χ0v) is 12.4. The molecule has 2 rings (SSSR count). The topological polar surface area (TPSA) is 72.4 Å². The van der Waals surface area contributed by atoms with Crippen molar-refractivity contribution in [2.24, 2.45) is 0 Å². The van der Waals surface area contributed by atoms with Gasteiger partial charge in [0.2, 0.25) is 5.91 Å². The SMILES string of the molecule is Cc1cccc(=O)n1CCCNC(=O)C[C@@H]1COCCN1. The van der Waals surface area contributed by atoms with Gasteiger partial charge in [0.05, 0.1) is 13.2 Å². The van der Waals surface area contributed by atoms with Crippen LogP contribution in [0.25, 0.3) is 0 Å². The van der Waals surface area contributed by atoms with Gasteiger partial charge < -0.3 is 19.9 Å². The van der Waals surface area contributed by atoms with Crippen LogP contribution in [0.4, 0.5) is 0 Å². The molecule has 21 heavy (non-hydrogen) atoms. The maximum absolute atomic E-state index is 11.8. The summed E-state index contributed by atoms with van der Waals surface area (Å²) in [6.45, 7) is 5.21. The molecule has 0 bridgehead atoms. The fraction of sp³-hybridized carbons (Fsp3) is 0.600. The first-order chi connectivity index (χ1) is 10.2. The molecular formula is C15H23N3O3. The van der Waals surface area contributed by atoms with E-state index in [-0.39, 0.29) is 17.5 Å². The Morgan fingerprint density at radius 1 is 1.52 bits per heavy atom. The number of nitrogens with one attached hydrogen (secondary N) is 2. The molecule has 1 amide bonds. The quantitative estimate of drug-likeness (QED) is 0.727. The first kappa shape index (κ1) is 15.7. The molecule has 0 spiro atoms. The number of rotatable bonds is 6. The lowest BCUT2D eigenvalue weighted by molar-refractivity contribution is -0.122. The second-order valence-corrected chi connectivity index (χ2v) is 5.29. The van der Waals surface area contributed by atoms with Crippen molar-refractivity contribution in [2.45, 2.75) is 32.4 Å². The summed E-state index contributed by atoms with van der Waals surface area (Å²) in [5.41, 5.74) is 0.947. The molecule has 6 nitrogen and oxygen atoms in total. The Balaban J connectivity index is 1.67. The van der Waals surface area contributed by atoms with E-state index in [9.17, 15) is 9.59 Å². The van der Waals surface area contributed by atoms with Crippen LogP contribution in [0.3, 0.4) is 0 Å². The van der Waals surface area contributed by atoms with Gasteiger partial charge in [-0.25, -0.2) is 0 Å². The molecular weight excluding hydrogens is 270 g/mol. The van der Waals surface area contributed by atoms with Crippen LogP contribution < -0.4 is 16.2 Å². The third-order valence-electron chi connectivity index (χ3n) is 3.58. The van der Waals surface area contributed by atoms with Crippen LogP contribution in [-0.4, -0.2) is 42.8 Å². The maximum atomic E-state index is 11.8. The zero-order valence-electron chi connectivity index (χ0n) is 12.4. The fourth-order valence-corrected chi connectivity index (χ4v) is 2.42. The summed E-state index contributed by atoms with van der Waals surface area (Å²) < 4.78 is 7.04. The van der Waals surface area contributed by atoms with Crippen LogP contribution >= 0.6 is 0 Å². The second-order valence-electron chi connectivity index (χ2n) is 5.29. The van der Waals surface area contributed by atoms with E-state index in [1.807, 2.05) is 13.0 Å². The van der Waals surface area contributed by atoms with Gasteiger partial charge in [0.15, 0.2) is 0 Å². The lowest BCUT2D eigenvalue weighted by Gasteiger charge is -2.23. The lowest BCUT2D eigenvalue weighted by Crippen LogP contribution is -2.44. The molecule has 1 fully saturated rings. The van der Waals surface area contributed by atoms with Crippen LogP contribution in [0.15, 0.2) is 23.0 Å². The molecule has 0 aliphatic carbocycles. The predicted molar refractivity (Wildman–Crippen MR) is 80.3 cm³/mol. The molecule has 1 aromatic rings. The number of morpholine rings is 1. The number of aryl methyl sites for hydroxylation is 1. The normalized spacial score (nSPS) is 18.4. The summed E-state index contributed by atoms with van der Waals surface area (Å²) in [5, 5.41) is 6.14. The number of hydrogen-bond donors (Lipinski definition) is 2. The van der Waals surface area contributed by atoms with Crippen LogP contribution in [0.1, 0.15) is 18.5 Å². The minimum atomic E-state index is 0.00452. The molecule has 2 N–H and O–H groups in total. The second kappa shape index (κ2) is 7.95. The summed E-state index contributed by atoms with van der Waals surface area (Å²) in [6.07, 6.45) is 1.18. The van der Waals surface area contributed by atoms with E-state index in [4.69, 9.17) is 4.74 Å². The Hall–Kier alpha value is -1.66. The number of carbonyl (C=O) groups excluding carboxylic acids is 1. The first-order valence-electron chi connectivity index (χ1n) is 7.41. The Morgan fingerprint density at radius 2 is 2.38 bits per heavy atom. The van der Waals surface area contributed by atoms with Gasteiger partial charge in [0.25, 0.3) is 5.56 Å². The van der Waals surface area contributed by atoms with Gasteiger partial charge in [-0.15, -0.1) is 0 Å². The first-order valence-corrected chi connectivity index (χ1v) is 7.41. The standard InChI is InChI=1S/C15H23N3O3/c1-12-4-2-5-15(20)18(12)8-3-6-17-14(19)10-13-11-21-9-7-16-13/h2,4-5,13,16H,3,6-11H2,1H3,(H,17,19)/t13-/m1/s1. The Kier molecular flexibility index (Phi) is 5.95. The highest BCUT2D eigenvalue weighted by Crippen LogP contribution is 1.99. The van der Waals surface area contributed by atoms with Crippen molar-refractivity contribution in [2.75, 3.05) is 26.3 Å². The van der Waals surface area contributed by atoms with Gasteiger partial charge in [-0.3, -0.25) is 9.59 Å². The number of carbonyl (C=O) groups is 1. The monoisotopic (exact) mass is 293 g/mol. The van der Waals surface area contributed by atoms with Gasteiger partial charge >= 0.3 is 0 Å².